The molecular formula is C11H15N5O. The van der Waals surface area contributed by atoms with Crippen LogP contribution in [-0.4, -0.2) is 26.9 Å². The minimum atomic E-state index is 0.0645. The van der Waals surface area contributed by atoms with E-state index in [9.17, 15) is 0 Å². The zero-order valence-corrected chi connectivity index (χ0v) is 10.1. The van der Waals surface area contributed by atoms with E-state index in [0.717, 1.165) is 11.5 Å². The van der Waals surface area contributed by atoms with E-state index in [1.807, 2.05) is 30.7 Å². The van der Waals surface area contributed by atoms with E-state index in [2.05, 4.69) is 20.5 Å². The van der Waals surface area contributed by atoms with Crippen LogP contribution >= 0.6 is 0 Å². The molecule has 1 unspecified atom stereocenters. The summed E-state index contributed by atoms with van der Waals surface area (Å²) in [5.41, 5.74) is 0.937. The summed E-state index contributed by atoms with van der Waals surface area (Å²) in [4.78, 5) is 4.05. The SMILES string of the molecule is COc1cc(NC(C)c2nncn2C)ccn1. The number of pyridine rings is 1. The Bertz CT molecular complexity index is 496. The molecule has 0 saturated carbocycles. The van der Waals surface area contributed by atoms with Crippen LogP contribution in [0.5, 0.6) is 5.88 Å². The largest absolute Gasteiger partial charge is 0.481 e. The predicted molar refractivity (Wildman–Crippen MR) is 63.8 cm³/mol. The third kappa shape index (κ3) is 2.52. The topological polar surface area (TPSA) is 64.9 Å². The van der Waals surface area contributed by atoms with Gasteiger partial charge in [0.1, 0.15) is 6.33 Å². The number of nitrogens with one attached hydrogen (secondary N) is 1. The van der Waals surface area contributed by atoms with Gasteiger partial charge in [0.15, 0.2) is 5.82 Å². The molecule has 0 fully saturated rings. The molecule has 17 heavy (non-hydrogen) atoms. The second kappa shape index (κ2) is 4.82. The molecule has 6 nitrogen and oxygen atoms in total. The molecule has 0 radical (unpaired) electrons. The fourth-order valence-corrected chi connectivity index (χ4v) is 1.61. The maximum absolute atomic E-state index is 5.07. The Hall–Kier alpha value is -2.11. The Labute approximate surface area is 99.7 Å². The maximum Gasteiger partial charge on any atom is 0.214 e. The lowest BCUT2D eigenvalue weighted by molar-refractivity contribution is 0.398. The van der Waals surface area contributed by atoms with Crippen LogP contribution in [-0.2, 0) is 7.05 Å². The first-order valence-corrected chi connectivity index (χ1v) is 5.31. The van der Waals surface area contributed by atoms with Crippen molar-refractivity contribution in [1.82, 2.24) is 19.7 Å². The van der Waals surface area contributed by atoms with Crippen LogP contribution in [0.1, 0.15) is 18.8 Å². The number of aromatic nitrogens is 4. The number of hydrogen-bond donors (Lipinski definition) is 1. The molecule has 2 heterocycles. The molecule has 6 heteroatoms. The molecule has 2 aromatic heterocycles. The minimum absolute atomic E-state index is 0.0645. The van der Waals surface area contributed by atoms with Crippen molar-refractivity contribution >= 4 is 5.69 Å². The number of hydrogen-bond acceptors (Lipinski definition) is 5. The molecule has 90 valence electrons. The van der Waals surface area contributed by atoms with E-state index in [1.54, 1.807) is 19.6 Å². The quantitative estimate of drug-likeness (QED) is 0.864. The third-order valence-corrected chi connectivity index (χ3v) is 2.46. The number of anilines is 1. The molecule has 1 N–H and O–H groups in total. The molecule has 0 bridgehead atoms. The minimum Gasteiger partial charge on any atom is -0.481 e. The van der Waals surface area contributed by atoms with Crippen molar-refractivity contribution in [3.8, 4) is 5.88 Å². The van der Waals surface area contributed by atoms with Crippen LogP contribution in [0, 0.1) is 0 Å². The maximum atomic E-state index is 5.07. The standard InChI is InChI=1S/C11H15N5O/c1-8(11-15-13-7-16(11)2)14-9-4-5-12-10(6-9)17-3/h4-8H,1-3H3,(H,12,14). The highest BCUT2D eigenvalue weighted by Crippen LogP contribution is 2.19. The highest BCUT2D eigenvalue weighted by molar-refractivity contribution is 5.46. The fraction of sp³-hybridized carbons (Fsp3) is 0.364. The van der Waals surface area contributed by atoms with E-state index >= 15 is 0 Å². The average Bonchev–Trinajstić information content (AvgIpc) is 2.76. The van der Waals surface area contributed by atoms with Gasteiger partial charge in [-0.1, -0.05) is 0 Å². The van der Waals surface area contributed by atoms with Crippen molar-refractivity contribution in [3.63, 3.8) is 0 Å². The lowest BCUT2D eigenvalue weighted by Gasteiger charge is -2.14. The molecule has 0 aliphatic heterocycles. The summed E-state index contributed by atoms with van der Waals surface area (Å²) in [5.74, 6) is 1.46. The molecule has 0 aliphatic rings. The van der Waals surface area contributed by atoms with E-state index in [4.69, 9.17) is 4.74 Å². The lowest BCUT2D eigenvalue weighted by Crippen LogP contribution is -2.12. The Morgan fingerprint density at radius 3 is 2.94 bits per heavy atom. The van der Waals surface area contributed by atoms with Crippen LogP contribution in [0.4, 0.5) is 5.69 Å². The Morgan fingerprint density at radius 1 is 1.47 bits per heavy atom. The predicted octanol–water partition coefficient (Wildman–Crippen LogP) is 1.39. The van der Waals surface area contributed by atoms with Gasteiger partial charge in [-0.05, 0) is 13.0 Å². The summed E-state index contributed by atoms with van der Waals surface area (Å²) in [7, 11) is 3.51. The van der Waals surface area contributed by atoms with E-state index in [1.165, 1.54) is 0 Å². The third-order valence-electron chi connectivity index (χ3n) is 2.46. The smallest absolute Gasteiger partial charge is 0.214 e. The summed E-state index contributed by atoms with van der Waals surface area (Å²) < 4.78 is 6.95. The van der Waals surface area contributed by atoms with Gasteiger partial charge in [-0.15, -0.1) is 10.2 Å². The second-order valence-corrected chi connectivity index (χ2v) is 3.75. The van der Waals surface area contributed by atoms with Crippen LogP contribution in [0.2, 0.25) is 0 Å². The van der Waals surface area contributed by atoms with Gasteiger partial charge in [0.2, 0.25) is 5.88 Å². The van der Waals surface area contributed by atoms with Crippen LogP contribution < -0.4 is 10.1 Å². The molecular weight excluding hydrogens is 218 g/mol. The van der Waals surface area contributed by atoms with E-state index < -0.39 is 0 Å². The first-order chi connectivity index (χ1) is 8.20. The average molecular weight is 233 g/mol. The van der Waals surface area contributed by atoms with Crippen LogP contribution in [0.3, 0.4) is 0 Å². The summed E-state index contributed by atoms with van der Waals surface area (Å²) in [6.45, 7) is 2.02. The van der Waals surface area contributed by atoms with Crippen molar-refractivity contribution in [2.24, 2.45) is 7.05 Å². The molecule has 2 aromatic rings. The molecule has 2 rings (SSSR count). The number of rotatable bonds is 4. The molecule has 1 atom stereocenters. The highest BCUT2D eigenvalue weighted by Gasteiger charge is 2.11. The Morgan fingerprint density at radius 2 is 2.29 bits per heavy atom. The number of nitrogens with zero attached hydrogens (tertiary/aromatic N) is 4. The monoisotopic (exact) mass is 233 g/mol. The molecule has 0 saturated heterocycles. The number of aryl methyl sites for hydroxylation is 1. The summed E-state index contributed by atoms with van der Waals surface area (Å²) >= 11 is 0. The number of ether oxygens (including phenoxy) is 1. The van der Waals surface area contributed by atoms with Gasteiger partial charge in [-0.25, -0.2) is 4.98 Å². The molecule has 0 spiro atoms. The van der Waals surface area contributed by atoms with Crippen LogP contribution in [0.15, 0.2) is 24.7 Å². The van der Waals surface area contributed by atoms with Gasteiger partial charge in [0, 0.05) is 25.0 Å². The van der Waals surface area contributed by atoms with E-state index in [0.29, 0.717) is 5.88 Å². The zero-order chi connectivity index (χ0) is 12.3. The van der Waals surface area contributed by atoms with Crippen molar-refractivity contribution < 1.29 is 4.74 Å². The Balaban J connectivity index is 2.13. The van der Waals surface area contributed by atoms with Gasteiger partial charge in [-0.2, -0.15) is 0 Å². The van der Waals surface area contributed by atoms with Crippen molar-refractivity contribution in [2.45, 2.75) is 13.0 Å². The molecule has 0 amide bonds. The summed E-state index contributed by atoms with van der Waals surface area (Å²) in [6, 6.07) is 3.79. The first kappa shape index (κ1) is 11.4. The van der Waals surface area contributed by atoms with Gasteiger partial charge in [0.25, 0.3) is 0 Å². The van der Waals surface area contributed by atoms with Gasteiger partial charge < -0.3 is 14.6 Å². The van der Waals surface area contributed by atoms with Gasteiger partial charge in [-0.3, -0.25) is 0 Å². The van der Waals surface area contributed by atoms with Crippen molar-refractivity contribution in [1.29, 1.82) is 0 Å². The number of methoxy groups -OCH3 is 1. The zero-order valence-electron chi connectivity index (χ0n) is 10.1. The second-order valence-electron chi connectivity index (χ2n) is 3.75. The molecule has 0 aromatic carbocycles. The van der Waals surface area contributed by atoms with Crippen LogP contribution in [0.25, 0.3) is 0 Å². The summed E-state index contributed by atoms with van der Waals surface area (Å²) in [6.07, 6.45) is 3.38. The normalized spacial score (nSPS) is 12.2. The van der Waals surface area contributed by atoms with E-state index in [-0.39, 0.29) is 6.04 Å². The van der Waals surface area contributed by atoms with Gasteiger partial charge in [0.05, 0.1) is 13.2 Å². The van der Waals surface area contributed by atoms with Gasteiger partial charge >= 0.3 is 0 Å². The summed E-state index contributed by atoms with van der Waals surface area (Å²) in [5, 5.41) is 11.2. The lowest BCUT2D eigenvalue weighted by atomic mass is 10.3. The fourth-order valence-electron chi connectivity index (χ4n) is 1.61. The Kier molecular flexibility index (Phi) is 3.22. The first-order valence-electron chi connectivity index (χ1n) is 5.31. The van der Waals surface area contributed by atoms with Crippen molar-refractivity contribution in [2.75, 3.05) is 12.4 Å². The molecule has 0 aliphatic carbocycles. The van der Waals surface area contributed by atoms with Crippen molar-refractivity contribution in [3.05, 3.63) is 30.5 Å². The highest BCUT2D eigenvalue weighted by atomic mass is 16.5.